The van der Waals surface area contributed by atoms with Gasteiger partial charge in [0.25, 0.3) is 0 Å². The molecule has 0 spiro atoms. The molecule has 1 atom stereocenters. The Morgan fingerprint density at radius 2 is 1.44 bits per heavy atom. The van der Waals surface area contributed by atoms with Crippen LogP contribution >= 0.6 is 0 Å². The zero-order valence-electron chi connectivity index (χ0n) is 9.25. The van der Waals surface area contributed by atoms with E-state index in [1.54, 1.807) is 0 Å². The van der Waals surface area contributed by atoms with Gasteiger partial charge >= 0.3 is 0 Å². The fourth-order valence-corrected chi connectivity index (χ4v) is 1.38. The summed E-state index contributed by atoms with van der Waals surface area (Å²) in [7, 11) is 0. The molecule has 0 aliphatic carbocycles. The van der Waals surface area contributed by atoms with Gasteiger partial charge < -0.3 is 0 Å². The molecule has 0 aliphatic heterocycles. The first-order chi connectivity index (χ1) is 8.45. The van der Waals surface area contributed by atoms with Crippen LogP contribution in [0.1, 0.15) is 24.9 Å². The number of nitrogens with one attached hydrogen (secondary N) is 1. The molecule has 0 aromatic heterocycles. The first kappa shape index (κ1) is 14.4. The van der Waals surface area contributed by atoms with Crippen LogP contribution < -0.4 is 11.3 Å². The van der Waals surface area contributed by atoms with Crippen LogP contribution in [0.4, 0.5) is 22.0 Å². The number of benzene rings is 1. The molecular weight excluding hydrogens is 255 g/mol. The summed E-state index contributed by atoms with van der Waals surface area (Å²) in [6, 6.07) is -1.29. The second kappa shape index (κ2) is 5.80. The Morgan fingerprint density at radius 3 is 1.83 bits per heavy atom. The number of halogens is 5. The quantitative estimate of drug-likeness (QED) is 0.219. The summed E-state index contributed by atoms with van der Waals surface area (Å²) < 4.78 is 65.5. The molecule has 98 valence electrons. The predicted molar refractivity (Wildman–Crippen MR) is 54.4 cm³/mol. The highest BCUT2D eigenvalue weighted by molar-refractivity contribution is 5.28. The van der Waals surface area contributed by atoms with Crippen LogP contribution in [0.2, 0.25) is 0 Å². The van der Waals surface area contributed by atoms with E-state index in [0.717, 1.165) is 0 Å². The van der Waals surface area contributed by atoms with Crippen molar-refractivity contribution < 1.29 is 22.0 Å². The van der Waals surface area contributed by atoms with E-state index in [9.17, 15) is 22.0 Å². The lowest BCUT2D eigenvalue weighted by Gasteiger charge is -2.16. The predicted octanol–water partition coefficient (Wildman–Crippen LogP) is 2.30. The summed E-state index contributed by atoms with van der Waals surface area (Å²) >= 11 is 0. The van der Waals surface area contributed by atoms with Gasteiger partial charge in [-0.3, -0.25) is 11.3 Å². The molecule has 1 aromatic carbocycles. The molecular formula is C11H9F5N2. The Kier molecular flexibility index (Phi) is 4.64. The molecule has 0 saturated heterocycles. The number of nitrogens with two attached hydrogens (primary N) is 1. The normalized spacial score (nSPS) is 11.9. The summed E-state index contributed by atoms with van der Waals surface area (Å²) in [5, 5.41) is 0. The smallest absolute Gasteiger partial charge is 0.200 e. The Bertz CT molecular complexity index is 489. The third-order valence-electron chi connectivity index (χ3n) is 2.28. The molecule has 0 saturated carbocycles. The van der Waals surface area contributed by atoms with Crippen molar-refractivity contribution in [1.82, 2.24) is 5.43 Å². The molecule has 0 radical (unpaired) electrons. The number of hydrogen-bond acceptors (Lipinski definition) is 2. The summed E-state index contributed by atoms with van der Waals surface area (Å²) in [4.78, 5) is 0. The molecule has 18 heavy (non-hydrogen) atoms. The van der Waals surface area contributed by atoms with Gasteiger partial charge in [-0.25, -0.2) is 22.0 Å². The molecule has 0 amide bonds. The molecule has 2 nitrogen and oxygen atoms in total. The van der Waals surface area contributed by atoms with Gasteiger partial charge in [-0.05, 0) is 6.92 Å². The van der Waals surface area contributed by atoms with Crippen LogP contribution in [0.15, 0.2) is 0 Å². The van der Waals surface area contributed by atoms with Gasteiger partial charge in [-0.2, -0.15) is 0 Å². The van der Waals surface area contributed by atoms with E-state index in [1.807, 2.05) is 5.43 Å². The van der Waals surface area contributed by atoms with E-state index in [0.29, 0.717) is 0 Å². The van der Waals surface area contributed by atoms with E-state index in [1.165, 1.54) is 6.92 Å². The van der Waals surface area contributed by atoms with Gasteiger partial charge in [0.1, 0.15) is 0 Å². The Morgan fingerprint density at radius 1 is 1.00 bits per heavy atom. The average molecular weight is 264 g/mol. The zero-order chi connectivity index (χ0) is 13.9. The van der Waals surface area contributed by atoms with E-state index >= 15 is 0 Å². The lowest BCUT2D eigenvalue weighted by atomic mass is 10.0. The minimum absolute atomic E-state index is 0.189. The van der Waals surface area contributed by atoms with Gasteiger partial charge in [0.15, 0.2) is 23.3 Å². The molecule has 0 bridgehead atoms. The van der Waals surface area contributed by atoms with Crippen molar-refractivity contribution in [2.24, 2.45) is 5.84 Å². The number of hydrazine groups is 1. The molecule has 3 N–H and O–H groups in total. The SMILES string of the molecule is CC#CCC(NN)c1c(F)c(F)c(F)c(F)c1F. The largest absolute Gasteiger partial charge is 0.271 e. The molecule has 0 heterocycles. The first-order valence-corrected chi connectivity index (χ1v) is 4.82. The van der Waals surface area contributed by atoms with Crippen LogP contribution in [-0.2, 0) is 0 Å². The van der Waals surface area contributed by atoms with E-state index < -0.39 is 40.7 Å². The van der Waals surface area contributed by atoms with Gasteiger partial charge in [0.05, 0.1) is 6.04 Å². The van der Waals surface area contributed by atoms with Gasteiger partial charge in [0.2, 0.25) is 5.82 Å². The molecule has 1 aromatic rings. The van der Waals surface area contributed by atoms with Gasteiger partial charge in [0, 0.05) is 12.0 Å². The van der Waals surface area contributed by atoms with Crippen molar-refractivity contribution >= 4 is 0 Å². The standard InChI is InChI=1S/C11H9F5N2/c1-2-3-4-5(18-17)6-7(12)9(14)11(16)10(15)8(6)13/h5,18H,4,17H2,1H3. The maximum Gasteiger partial charge on any atom is 0.200 e. The van der Waals surface area contributed by atoms with Crippen molar-refractivity contribution in [3.63, 3.8) is 0 Å². The van der Waals surface area contributed by atoms with Gasteiger partial charge in [-0.15, -0.1) is 11.8 Å². The van der Waals surface area contributed by atoms with Crippen molar-refractivity contribution in [3.8, 4) is 11.8 Å². The van der Waals surface area contributed by atoms with E-state index in [4.69, 9.17) is 5.84 Å². The maximum absolute atomic E-state index is 13.4. The highest BCUT2D eigenvalue weighted by atomic mass is 19.2. The summed E-state index contributed by atoms with van der Waals surface area (Å²) in [6.45, 7) is 1.46. The Hall–Kier alpha value is -1.65. The molecule has 1 unspecified atom stereocenters. The monoisotopic (exact) mass is 264 g/mol. The van der Waals surface area contributed by atoms with E-state index in [-0.39, 0.29) is 6.42 Å². The van der Waals surface area contributed by atoms with Crippen molar-refractivity contribution in [2.45, 2.75) is 19.4 Å². The average Bonchev–Trinajstić information content (AvgIpc) is 2.38. The number of rotatable bonds is 3. The third-order valence-corrected chi connectivity index (χ3v) is 2.28. The Labute approximate surface area is 99.9 Å². The lowest BCUT2D eigenvalue weighted by Crippen LogP contribution is -2.30. The van der Waals surface area contributed by atoms with Crippen LogP contribution in [0, 0.1) is 40.9 Å². The highest BCUT2D eigenvalue weighted by Gasteiger charge is 2.29. The molecule has 1 rings (SSSR count). The highest BCUT2D eigenvalue weighted by Crippen LogP contribution is 2.28. The fraction of sp³-hybridized carbons (Fsp3) is 0.273. The second-order valence-corrected chi connectivity index (χ2v) is 3.33. The summed E-state index contributed by atoms with van der Waals surface area (Å²) in [5.41, 5.74) is 0.953. The van der Waals surface area contributed by atoms with Crippen molar-refractivity contribution in [3.05, 3.63) is 34.6 Å². The Balaban J connectivity index is 3.41. The second-order valence-electron chi connectivity index (χ2n) is 3.33. The first-order valence-electron chi connectivity index (χ1n) is 4.82. The minimum Gasteiger partial charge on any atom is -0.271 e. The van der Waals surface area contributed by atoms with Crippen LogP contribution in [0.5, 0.6) is 0 Å². The van der Waals surface area contributed by atoms with Crippen LogP contribution in [0.25, 0.3) is 0 Å². The topological polar surface area (TPSA) is 38.0 Å². The maximum atomic E-state index is 13.4. The fourth-order valence-electron chi connectivity index (χ4n) is 1.38. The zero-order valence-corrected chi connectivity index (χ0v) is 9.25. The number of hydrogen-bond donors (Lipinski definition) is 2. The molecule has 0 aliphatic rings. The van der Waals surface area contributed by atoms with Gasteiger partial charge in [-0.1, -0.05) is 0 Å². The minimum atomic E-state index is -2.20. The van der Waals surface area contributed by atoms with Crippen molar-refractivity contribution in [1.29, 1.82) is 0 Å². The van der Waals surface area contributed by atoms with Crippen LogP contribution in [-0.4, -0.2) is 0 Å². The molecule has 0 fully saturated rings. The third kappa shape index (κ3) is 2.44. The van der Waals surface area contributed by atoms with Crippen molar-refractivity contribution in [2.75, 3.05) is 0 Å². The summed E-state index contributed by atoms with van der Waals surface area (Å²) in [6.07, 6.45) is -0.189. The van der Waals surface area contributed by atoms with Crippen LogP contribution in [0.3, 0.4) is 0 Å². The molecule has 7 heteroatoms. The summed E-state index contributed by atoms with van der Waals surface area (Å²) in [5.74, 6) is -0.132. The lowest BCUT2D eigenvalue weighted by molar-refractivity contribution is 0.357. The van der Waals surface area contributed by atoms with E-state index in [2.05, 4.69) is 11.8 Å².